The van der Waals surface area contributed by atoms with Crippen LogP contribution in [0, 0.1) is 6.92 Å². The van der Waals surface area contributed by atoms with E-state index in [1.165, 1.54) is 5.19 Å². The molecule has 1 aromatic heterocycles. The summed E-state index contributed by atoms with van der Waals surface area (Å²) in [6, 6.07) is 0. The molecule has 19 heavy (non-hydrogen) atoms. The van der Waals surface area contributed by atoms with Crippen molar-refractivity contribution in [3.05, 3.63) is 18.0 Å². The first-order valence-electron chi connectivity index (χ1n) is 7.29. The zero-order valence-electron chi connectivity index (χ0n) is 13.7. The van der Waals surface area contributed by atoms with Crippen LogP contribution in [0.5, 0.6) is 5.75 Å². The monoisotopic (exact) mass is 279 g/mol. The van der Waals surface area contributed by atoms with Crippen molar-refractivity contribution in [2.75, 3.05) is 7.11 Å². The van der Waals surface area contributed by atoms with Crippen LogP contribution in [0.25, 0.3) is 0 Å². The summed E-state index contributed by atoms with van der Waals surface area (Å²) in [5, 5.41) is 1.40. The van der Waals surface area contributed by atoms with Crippen LogP contribution in [-0.4, -0.2) is 20.2 Å². The lowest BCUT2D eigenvalue weighted by Crippen LogP contribution is -2.56. The highest BCUT2D eigenvalue weighted by molar-refractivity contribution is 6.95. The normalized spacial score (nSPS) is 12.6. The van der Waals surface area contributed by atoms with Gasteiger partial charge in [0.2, 0.25) is 0 Å². The molecule has 0 saturated carbocycles. The standard InChI is InChI=1S/C16H29NOSi/c1-11(2)19(12(3)4,13(5)6)15-10-17-9-14(7)16(15)18-8/h9-13H,1-8H3. The summed E-state index contributed by atoms with van der Waals surface area (Å²) in [6.07, 6.45) is 3.97. The van der Waals surface area contributed by atoms with Crippen LogP contribution >= 0.6 is 0 Å². The lowest BCUT2D eigenvalue weighted by Gasteiger charge is -2.44. The molecule has 0 fully saturated rings. The van der Waals surface area contributed by atoms with Crippen LogP contribution < -0.4 is 9.92 Å². The molecule has 0 aliphatic carbocycles. The molecule has 3 heteroatoms. The Balaban J connectivity index is 3.63. The van der Waals surface area contributed by atoms with E-state index in [1.54, 1.807) is 7.11 Å². The average molecular weight is 280 g/mol. The predicted molar refractivity (Wildman–Crippen MR) is 86.2 cm³/mol. The van der Waals surface area contributed by atoms with Crippen molar-refractivity contribution in [2.24, 2.45) is 0 Å². The lowest BCUT2D eigenvalue weighted by molar-refractivity contribution is 0.414. The summed E-state index contributed by atoms with van der Waals surface area (Å²) in [4.78, 5) is 4.46. The summed E-state index contributed by atoms with van der Waals surface area (Å²) in [5.74, 6) is 1.07. The van der Waals surface area contributed by atoms with E-state index in [-0.39, 0.29) is 0 Å². The van der Waals surface area contributed by atoms with Gasteiger partial charge in [0.25, 0.3) is 0 Å². The van der Waals surface area contributed by atoms with Crippen molar-refractivity contribution in [1.29, 1.82) is 0 Å². The zero-order valence-corrected chi connectivity index (χ0v) is 14.7. The topological polar surface area (TPSA) is 22.1 Å². The van der Waals surface area contributed by atoms with Gasteiger partial charge in [-0.2, -0.15) is 0 Å². The first kappa shape index (κ1) is 16.2. The molecule has 0 N–H and O–H groups in total. The van der Waals surface area contributed by atoms with Gasteiger partial charge in [0, 0.05) is 23.1 Å². The fourth-order valence-electron chi connectivity index (χ4n) is 4.07. The van der Waals surface area contributed by atoms with E-state index in [1.807, 2.05) is 6.20 Å². The number of ether oxygens (including phenoxy) is 1. The lowest BCUT2D eigenvalue weighted by atomic mass is 10.3. The van der Waals surface area contributed by atoms with E-state index in [2.05, 4.69) is 59.6 Å². The van der Waals surface area contributed by atoms with Gasteiger partial charge >= 0.3 is 0 Å². The molecule has 1 rings (SSSR count). The molecule has 0 spiro atoms. The van der Waals surface area contributed by atoms with Crippen molar-refractivity contribution < 1.29 is 4.74 Å². The zero-order chi connectivity index (χ0) is 14.8. The molecule has 0 amide bonds. The van der Waals surface area contributed by atoms with E-state index in [0.29, 0.717) is 16.6 Å². The maximum atomic E-state index is 5.73. The summed E-state index contributed by atoms with van der Waals surface area (Å²) in [6.45, 7) is 16.3. The van der Waals surface area contributed by atoms with Gasteiger partial charge in [-0.15, -0.1) is 0 Å². The number of methoxy groups -OCH3 is 1. The van der Waals surface area contributed by atoms with Gasteiger partial charge in [-0.1, -0.05) is 41.5 Å². The molecule has 1 heterocycles. The number of hydrogen-bond donors (Lipinski definition) is 0. The van der Waals surface area contributed by atoms with Gasteiger partial charge in [0.05, 0.1) is 7.11 Å². The van der Waals surface area contributed by atoms with E-state index in [4.69, 9.17) is 4.74 Å². The molecule has 1 aromatic rings. The van der Waals surface area contributed by atoms with E-state index >= 15 is 0 Å². The van der Waals surface area contributed by atoms with Gasteiger partial charge in [0.1, 0.15) is 13.8 Å². The Bertz CT molecular complexity index is 405. The molecular weight excluding hydrogens is 250 g/mol. The average Bonchev–Trinajstić information content (AvgIpc) is 2.28. The number of aromatic nitrogens is 1. The predicted octanol–water partition coefficient (Wildman–Crippen LogP) is 4.28. The van der Waals surface area contributed by atoms with Crippen molar-refractivity contribution in [3.63, 3.8) is 0 Å². The SMILES string of the molecule is COc1c(C)cncc1[Si](C(C)C)(C(C)C)C(C)C. The number of nitrogens with zero attached hydrogens (tertiary/aromatic N) is 1. The maximum Gasteiger partial charge on any atom is 0.124 e. The Kier molecular flexibility index (Phi) is 5.19. The Morgan fingerprint density at radius 1 is 0.947 bits per heavy atom. The third-order valence-corrected chi connectivity index (χ3v) is 11.6. The van der Waals surface area contributed by atoms with Gasteiger partial charge in [-0.05, 0) is 23.5 Å². The Hall–Kier alpha value is -0.833. The number of rotatable bonds is 5. The third kappa shape index (κ3) is 2.57. The second kappa shape index (κ2) is 6.08. The highest BCUT2D eigenvalue weighted by atomic mass is 28.3. The van der Waals surface area contributed by atoms with E-state index in [0.717, 1.165) is 11.3 Å². The molecule has 0 aliphatic heterocycles. The van der Waals surface area contributed by atoms with Gasteiger partial charge in [-0.3, -0.25) is 4.98 Å². The van der Waals surface area contributed by atoms with E-state index in [9.17, 15) is 0 Å². The Labute approximate surface area is 119 Å². The minimum Gasteiger partial charge on any atom is -0.496 e. The first-order chi connectivity index (χ1) is 8.79. The highest BCUT2D eigenvalue weighted by Crippen LogP contribution is 2.42. The highest BCUT2D eigenvalue weighted by Gasteiger charge is 2.46. The van der Waals surface area contributed by atoms with Gasteiger partial charge in [0.15, 0.2) is 0 Å². The van der Waals surface area contributed by atoms with Crippen LogP contribution in [0.1, 0.15) is 47.1 Å². The second-order valence-electron chi connectivity index (χ2n) is 6.43. The molecule has 0 atom stereocenters. The molecule has 0 aliphatic rings. The van der Waals surface area contributed by atoms with Crippen LogP contribution in [0.3, 0.4) is 0 Å². The fourth-order valence-corrected chi connectivity index (χ4v) is 10.9. The molecule has 0 bridgehead atoms. The Morgan fingerprint density at radius 2 is 1.42 bits per heavy atom. The van der Waals surface area contributed by atoms with Gasteiger partial charge < -0.3 is 4.74 Å². The van der Waals surface area contributed by atoms with Gasteiger partial charge in [-0.25, -0.2) is 0 Å². The summed E-state index contributed by atoms with van der Waals surface area (Å²) >= 11 is 0. The molecule has 0 saturated heterocycles. The number of hydrogen-bond acceptors (Lipinski definition) is 2. The maximum absolute atomic E-state index is 5.73. The largest absolute Gasteiger partial charge is 0.496 e. The van der Waals surface area contributed by atoms with Crippen LogP contribution in [0.4, 0.5) is 0 Å². The smallest absolute Gasteiger partial charge is 0.124 e. The summed E-state index contributed by atoms with van der Waals surface area (Å²) in [7, 11) is 0.0956. The van der Waals surface area contributed by atoms with E-state index < -0.39 is 8.07 Å². The van der Waals surface area contributed by atoms with Crippen molar-refractivity contribution in [1.82, 2.24) is 4.98 Å². The van der Waals surface area contributed by atoms with Crippen LogP contribution in [0.15, 0.2) is 12.4 Å². The molecule has 0 aromatic carbocycles. The molecule has 0 unspecified atom stereocenters. The van der Waals surface area contributed by atoms with Crippen molar-refractivity contribution in [2.45, 2.75) is 65.1 Å². The molecular formula is C16H29NOSi. The van der Waals surface area contributed by atoms with Crippen molar-refractivity contribution >= 4 is 13.3 Å². The quantitative estimate of drug-likeness (QED) is 0.750. The minimum absolute atomic E-state index is 0.671. The van der Waals surface area contributed by atoms with Crippen molar-refractivity contribution in [3.8, 4) is 5.75 Å². The number of aryl methyl sites for hydroxylation is 1. The van der Waals surface area contributed by atoms with Crippen LogP contribution in [0.2, 0.25) is 16.6 Å². The minimum atomic E-state index is -1.69. The fraction of sp³-hybridized carbons (Fsp3) is 0.688. The second-order valence-corrected chi connectivity index (χ2v) is 12.3. The Morgan fingerprint density at radius 3 is 1.79 bits per heavy atom. The summed E-state index contributed by atoms with van der Waals surface area (Å²) in [5.41, 5.74) is 3.17. The number of pyridine rings is 1. The molecule has 2 nitrogen and oxygen atoms in total. The molecule has 0 radical (unpaired) electrons. The molecule has 108 valence electrons. The van der Waals surface area contributed by atoms with Crippen LogP contribution in [-0.2, 0) is 0 Å². The third-order valence-electron chi connectivity index (χ3n) is 4.61. The summed E-state index contributed by atoms with van der Waals surface area (Å²) < 4.78 is 5.73. The first-order valence-corrected chi connectivity index (χ1v) is 9.52.